The number of hydrogen-bond acceptors (Lipinski definition) is 8. The zero-order valence-corrected chi connectivity index (χ0v) is 15.0. The predicted octanol–water partition coefficient (Wildman–Crippen LogP) is 1.95. The number of phosphoric acid groups is 1. The third kappa shape index (κ3) is 11.1. The van der Waals surface area contributed by atoms with Crippen molar-refractivity contribution in [3.63, 3.8) is 0 Å². The zero-order chi connectivity index (χ0) is 17.6. The molecule has 0 aromatic carbocycles. The van der Waals surface area contributed by atoms with Crippen LogP contribution in [0.25, 0.3) is 0 Å². The van der Waals surface area contributed by atoms with Crippen molar-refractivity contribution in [1.29, 1.82) is 0 Å². The van der Waals surface area contributed by atoms with Crippen LogP contribution in [0.3, 0.4) is 0 Å². The summed E-state index contributed by atoms with van der Waals surface area (Å²) in [5.41, 5.74) is 3.85. The molecule has 0 saturated carbocycles. The van der Waals surface area contributed by atoms with E-state index >= 15 is 0 Å². The molecule has 0 aliphatic heterocycles. The minimum Gasteiger partial charge on any atom is -0.438 e. The molecule has 0 bridgehead atoms. The quantitative estimate of drug-likeness (QED) is 0.391. The summed E-state index contributed by atoms with van der Waals surface area (Å²) in [6.07, 6.45) is -0.176. The van der Waals surface area contributed by atoms with Crippen molar-refractivity contribution in [2.45, 2.75) is 65.2 Å². The summed E-state index contributed by atoms with van der Waals surface area (Å²) in [5, 5.41) is 8.74. The van der Waals surface area contributed by atoms with Gasteiger partial charge in [-0.05, 0) is 41.5 Å². The largest absolute Gasteiger partial charge is 0.478 e. The molecule has 0 heterocycles. The Kier molecular flexibility index (Phi) is 8.19. The molecule has 1 atom stereocenters. The van der Waals surface area contributed by atoms with Gasteiger partial charge in [-0.15, -0.1) is 0 Å². The first-order chi connectivity index (χ1) is 9.76. The first-order valence-electron chi connectivity index (χ1n) is 6.94. The van der Waals surface area contributed by atoms with Gasteiger partial charge in [-0.3, -0.25) is 13.8 Å². The van der Waals surface area contributed by atoms with Gasteiger partial charge in [0.15, 0.2) is 0 Å². The standard InChI is InChI=1S/C13H28NO7P/c1-12(2,3)20-22(17,21-13(4,5)6)19-9-18-11(16)7-10(14)8-15/h10,15H,7-9,14H2,1-6H3/t10-/m1/s1. The Hall–Kier alpha value is -0.500. The van der Waals surface area contributed by atoms with Crippen LogP contribution in [-0.4, -0.2) is 41.7 Å². The summed E-state index contributed by atoms with van der Waals surface area (Å²) in [4.78, 5) is 11.4. The maximum absolute atomic E-state index is 12.6. The molecule has 0 aromatic rings. The summed E-state index contributed by atoms with van der Waals surface area (Å²) >= 11 is 0. The Morgan fingerprint density at radius 2 is 1.59 bits per heavy atom. The Labute approximate surface area is 131 Å². The summed E-state index contributed by atoms with van der Waals surface area (Å²) in [7, 11) is -3.92. The number of nitrogens with two attached hydrogens (primary N) is 1. The highest BCUT2D eigenvalue weighted by Crippen LogP contribution is 2.55. The van der Waals surface area contributed by atoms with E-state index in [-0.39, 0.29) is 13.0 Å². The third-order valence-corrected chi connectivity index (χ3v) is 3.83. The number of carbonyl (C=O) groups is 1. The molecule has 0 rings (SSSR count). The van der Waals surface area contributed by atoms with Gasteiger partial charge in [-0.25, -0.2) is 9.09 Å². The van der Waals surface area contributed by atoms with E-state index in [1.54, 1.807) is 41.5 Å². The molecule has 0 fully saturated rings. The Morgan fingerprint density at radius 3 is 1.95 bits per heavy atom. The monoisotopic (exact) mass is 341 g/mol. The third-order valence-electron chi connectivity index (χ3n) is 1.87. The lowest BCUT2D eigenvalue weighted by atomic mass is 10.2. The van der Waals surface area contributed by atoms with Crippen LogP contribution in [0.2, 0.25) is 0 Å². The number of hydrogen-bond donors (Lipinski definition) is 2. The highest BCUT2D eigenvalue weighted by atomic mass is 31.2. The molecular weight excluding hydrogens is 313 g/mol. The van der Waals surface area contributed by atoms with Gasteiger partial charge in [-0.2, -0.15) is 0 Å². The lowest BCUT2D eigenvalue weighted by Gasteiger charge is -2.30. The van der Waals surface area contributed by atoms with Crippen LogP contribution in [0.15, 0.2) is 0 Å². The zero-order valence-electron chi connectivity index (χ0n) is 14.1. The van der Waals surface area contributed by atoms with Gasteiger partial charge >= 0.3 is 13.8 Å². The van der Waals surface area contributed by atoms with Gasteiger partial charge in [0.05, 0.1) is 24.2 Å². The molecule has 9 heteroatoms. The number of carbonyl (C=O) groups excluding carboxylic acids is 1. The van der Waals surface area contributed by atoms with E-state index in [1.807, 2.05) is 0 Å². The van der Waals surface area contributed by atoms with Gasteiger partial charge in [0.2, 0.25) is 6.79 Å². The van der Waals surface area contributed by atoms with Crippen LogP contribution < -0.4 is 5.73 Å². The van der Waals surface area contributed by atoms with Crippen LogP contribution in [0.4, 0.5) is 0 Å². The number of ether oxygens (including phenoxy) is 1. The summed E-state index contributed by atoms with van der Waals surface area (Å²) < 4.78 is 33.0. The molecule has 0 aromatic heterocycles. The van der Waals surface area contributed by atoms with Crippen molar-refractivity contribution in [3.05, 3.63) is 0 Å². The summed E-state index contributed by atoms with van der Waals surface area (Å²) in [6.45, 7) is 9.24. The first-order valence-corrected chi connectivity index (χ1v) is 8.40. The fraction of sp³-hybridized carbons (Fsp3) is 0.923. The average Bonchev–Trinajstić information content (AvgIpc) is 2.22. The van der Waals surface area contributed by atoms with E-state index in [0.717, 1.165) is 0 Å². The van der Waals surface area contributed by atoms with Crippen LogP contribution in [0.1, 0.15) is 48.0 Å². The number of esters is 1. The fourth-order valence-corrected chi connectivity index (χ4v) is 2.90. The van der Waals surface area contributed by atoms with E-state index in [1.165, 1.54) is 0 Å². The summed E-state index contributed by atoms with van der Waals surface area (Å²) in [5.74, 6) is -0.681. The second-order valence-electron chi connectivity index (χ2n) is 6.76. The second-order valence-corrected chi connectivity index (χ2v) is 8.28. The minimum atomic E-state index is -3.92. The lowest BCUT2D eigenvalue weighted by molar-refractivity contribution is -0.152. The maximum atomic E-state index is 12.6. The van der Waals surface area contributed by atoms with E-state index in [9.17, 15) is 9.36 Å². The van der Waals surface area contributed by atoms with Crippen LogP contribution in [0.5, 0.6) is 0 Å². The lowest BCUT2D eigenvalue weighted by Crippen LogP contribution is -2.29. The second kappa shape index (κ2) is 8.38. The van der Waals surface area contributed by atoms with Gasteiger partial charge in [0.1, 0.15) is 0 Å². The molecule has 0 amide bonds. The molecule has 132 valence electrons. The van der Waals surface area contributed by atoms with Crippen molar-refractivity contribution < 1.29 is 32.8 Å². The molecular formula is C13H28NO7P. The highest BCUT2D eigenvalue weighted by Gasteiger charge is 2.37. The Morgan fingerprint density at radius 1 is 1.14 bits per heavy atom. The SMILES string of the molecule is CC(C)(C)OP(=O)(OCOC(=O)C[C@@H](N)CO)OC(C)(C)C. The van der Waals surface area contributed by atoms with Gasteiger partial charge < -0.3 is 15.6 Å². The van der Waals surface area contributed by atoms with Crippen LogP contribution in [-0.2, 0) is 27.7 Å². The van der Waals surface area contributed by atoms with Crippen molar-refractivity contribution in [2.75, 3.05) is 13.4 Å². The van der Waals surface area contributed by atoms with Crippen LogP contribution >= 0.6 is 7.82 Å². The number of phosphoric ester groups is 1. The van der Waals surface area contributed by atoms with Crippen molar-refractivity contribution in [1.82, 2.24) is 0 Å². The average molecular weight is 341 g/mol. The van der Waals surface area contributed by atoms with Crippen molar-refractivity contribution >= 4 is 13.8 Å². The maximum Gasteiger partial charge on any atom is 0.478 e. The molecule has 3 N–H and O–H groups in total. The van der Waals surface area contributed by atoms with E-state index in [4.69, 9.17) is 29.1 Å². The van der Waals surface area contributed by atoms with E-state index in [0.29, 0.717) is 0 Å². The minimum absolute atomic E-state index is 0.176. The number of aliphatic hydroxyl groups is 1. The van der Waals surface area contributed by atoms with Crippen LogP contribution in [0, 0.1) is 0 Å². The van der Waals surface area contributed by atoms with Crippen molar-refractivity contribution in [2.24, 2.45) is 5.73 Å². The normalized spacial score (nSPS) is 14.7. The highest BCUT2D eigenvalue weighted by molar-refractivity contribution is 7.48. The Balaban J connectivity index is 4.61. The molecule has 0 unspecified atom stereocenters. The number of rotatable bonds is 8. The molecule has 0 saturated heterocycles. The van der Waals surface area contributed by atoms with E-state index in [2.05, 4.69) is 0 Å². The fourth-order valence-electron chi connectivity index (χ4n) is 1.24. The van der Waals surface area contributed by atoms with Gasteiger partial charge in [0.25, 0.3) is 0 Å². The molecule has 0 radical (unpaired) electrons. The predicted molar refractivity (Wildman–Crippen MR) is 81.0 cm³/mol. The first kappa shape index (κ1) is 21.5. The van der Waals surface area contributed by atoms with Gasteiger partial charge in [-0.1, -0.05) is 0 Å². The number of aliphatic hydroxyl groups excluding tert-OH is 1. The van der Waals surface area contributed by atoms with Gasteiger partial charge in [0, 0.05) is 6.04 Å². The molecule has 0 aliphatic carbocycles. The molecule has 22 heavy (non-hydrogen) atoms. The topological polar surface area (TPSA) is 117 Å². The van der Waals surface area contributed by atoms with E-state index < -0.39 is 37.8 Å². The Bertz CT molecular complexity index is 380. The molecule has 0 spiro atoms. The van der Waals surface area contributed by atoms with Crippen molar-refractivity contribution in [3.8, 4) is 0 Å². The molecule has 0 aliphatic rings. The smallest absolute Gasteiger partial charge is 0.438 e. The summed E-state index contributed by atoms with van der Waals surface area (Å²) in [6, 6.07) is -0.712. The molecule has 8 nitrogen and oxygen atoms in total.